The van der Waals surface area contributed by atoms with Gasteiger partial charge in [0.15, 0.2) is 0 Å². The van der Waals surface area contributed by atoms with Gasteiger partial charge in [0.1, 0.15) is 6.10 Å². The van der Waals surface area contributed by atoms with Gasteiger partial charge in [0.2, 0.25) is 0 Å². The van der Waals surface area contributed by atoms with E-state index in [2.05, 4.69) is 0 Å². The molecule has 0 bridgehead atoms. The second kappa shape index (κ2) is 6.30. The van der Waals surface area contributed by atoms with E-state index in [0.717, 1.165) is 12.8 Å². The van der Waals surface area contributed by atoms with Crippen LogP contribution < -0.4 is 0 Å². The molecule has 1 atom stereocenters. The Morgan fingerprint density at radius 1 is 1.50 bits per heavy atom. The van der Waals surface area contributed by atoms with Gasteiger partial charge >= 0.3 is 5.97 Å². The summed E-state index contributed by atoms with van der Waals surface area (Å²) < 4.78 is 14.0. The van der Waals surface area contributed by atoms with E-state index in [1.54, 1.807) is 0 Å². The summed E-state index contributed by atoms with van der Waals surface area (Å²) in [7, 11) is 0. The lowest BCUT2D eigenvalue weighted by atomic mass is 9.98. The molecule has 1 unspecified atom stereocenters. The highest BCUT2D eigenvalue weighted by atomic mass is 32.2. The van der Waals surface area contributed by atoms with Crippen molar-refractivity contribution in [1.82, 2.24) is 0 Å². The average Bonchev–Trinajstić information content (AvgIpc) is 2.19. The number of hydrogen-bond acceptors (Lipinski definition) is 4. The molecule has 0 aromatic heterocycles. The number of esters is 1. The molecule has 0 heterocycles. The Morgan fingerprint density at radius 3 is 2.71 bits per heavy atom. The van der Waals surface area contributed by atoms with Crippen molar-refractivity contribution < 1.29 is 14.1 Å². The molecule has 4 heteroatoms. The highest BCUT2D eigenvalue weighted by molar-refractivity contribution is 7.94. The second-order valence-corrected chi connectivity index (χ2v) is 4.89. The molecule has 1 N–H and O–H groups in total. The van der Waals surface area contributed by atoms with Gasteiger partial charge in [-0.05, 0) is 37.7 Å². The fourth-order valence-corrected chi connectivity index (χ4v) is 1.90. The van der Waals surface area contributed by atoms with Gasteiger partial charge in [-0.15, -0.1) is 0 Å². The van der Waals surface area contributed by atoms with Gasteiger partial charge < -0.3 is 9.29 Å². The first-order valence-electron chi connectivity index (χ1n) is 5.22. The predicted octanol–water partition coefficient (Wildman–Crippen LogP) is 2.85. The van der Waals surface area contributed by atoms with Crippen LogP contribution in [0, 0.1) is 0 Å². The zero-order valence-electron chi connectivity index (χ0n) is 8.57. The zero-order valence-corrected chi connectivity index (χ0v) is 9.39. The highest BCUT2D eigenvalue weighted by Crippen LogP contribution is 2.21. The Hall–Kier alpha value is -0.220. The van der Waals surface area contributed by atoms with Crippen molar-refractivity contribution in [3.8, 4) is 0 Å². The molecule has 14 heavy (non-hydrogen) atoms. The van der Waals surface area contributed by atoms with Crippen molar-refractivity contribution in [3.63, 3.8) is 0 Å². The van der Waals surface area contributed by atoms with Gasteiger partial charge in [0.25, 0.3) is 0 Å². The van der Waals surface area contributed by atoms with Gasteiger partial charge in [-0.2, -0.15) is 0 Å². The van der Waals surface area contributed by atoms with Gasteiger partial charge in [0, 0.05) is 5.25 Å². The van der Waals surface area contributed by atoms with Crippen molar-refractivity contribution in [1.29, 1.82) is 0 Å². The van der Waals surface area contributed by atoms with Crippen LogP contribution in [0.5, 0.6) is 0 Å². The maximum Gasteiger partial charge on any atom is 0.307 e. The summed E-state index contributed by atoms with van der Waals surface area (Å²) in [5.74, 6) is -0.175. The van der Waals surface area contributed by atoms with Crippen LogP contribution >= 0.6 is 12.0 Å². The Labute approximate surface area is 89.4 Å². The minimum absolute atomic E-state index is 0.0638. The lowest BCUT2D eigenvalue weighted by molar-refractivity contribution is -0.150. The minimum Gasteiger partial charge on any atom is -0.462 e. The summed E-state index contributed by atoms with van der Waals surface area (Å²) >= 11 is 0.714. The van der Waals surface area contributed by atoms with Crippen LogP contribution in [-0.4, -0.2) is 21.9 Å². The first-order chi connectivity index (χ1) is 6.72. The van der Waals surface area contributed by atoms with Crippen molar-refractivity contribution in [2.45, 2.75) is 56.8 Å². The van der Waals surface area contributed by atoms with Crippen LogP contribution in [0.1, 0.15) is 45.4 Å². The van der Waals surface area contributed by atoms with E-state index in [1.807, 2.05) is 6.92 Å². The van der Waals surface area contributed by atoms with Crippen LogP contribution in [0.25, 0.3) is 0 Å². The fourth-order valence-electron chi connectivity index (χ4n) is 1.69. The molecule has 1 saturated carbocycles. The highest BCUT2D eigenvalue weighted by Gasteiger charge is 2.18. The van der Waals surface area contributed by atoms with E-state index in [1.165, 1.54) is 19.3 Å². The third kappa shape index (κ3) is 4.33. The molecule has 82 valence electrons. The number of hydrogen-bond donors (Lipinski definition) is 1. The summed E-state index contributed by atoms with van der Waals surface area (Å²) in [6.07, 6.45) is 6.05. The first kappa shape index (κ1) is 11.9. The van der Waals surface area contributed by atoms with Gasteiger partial charge in [0.05, 0.1) is 6.42 Å². The molecule has 1 fully saturated rings. The monoisotopic (exact) mass is 218 g/mol. The van der Waals surface area contributed by atoms with E-state index >= 15 is 0 Å². The van der Waals surface area contributed by atoms with Crippen LogP contribution in [0.15, 0.2) is 0 Å². The molecule has 0 radical (unpaired) electrons. The van der Waals surface area contributed by atoms with E-state index in [9.17, 15) is 4.79 Å². The normalized spacial score (nSPS) is 20.4. The van der Waals surface area contributed by atoms with Gasteiger partial charge in [-0.3, -0.25) is 4.79 Å². The van der Waals surface area contributed by atoms with Crippen LogP contribution in [0.2, 0.25) is 0 Å². The van der Waals surface area contributed by atoms with Crippen LogP contribution in [0.3, 0.4) is 0 Å². The van der Waals surface area contributed by atoms with E-state index in [4.69, 9.17) is 9.29 Å². The molecule has 0 aromatic rings. The summed E-state index contributed by atoms with van der Waals surface area (Å²) in [4.78, 5) is 11.3. The molecule has 3 nitrogen and oxygen atoms in total. The molecule has 0 aromatic carbocycles. The number of carbonyl (C=O) groups is 1. The molecule has 0 amide bonds. The van der Waals surface area contributed by atoms with Crippen molar-refractivity contribution in [2.75, 3.05) is 0 Å². The molecular formula is C10H18O3S. The number of rotatable bonds is 4. The molecular weight excluding hydrogens is 200 g/mol. The predicted molar refractivity (Wildman–Crippen MR) is 57.3 cm³/mol. The van der Waals surface area contributed by atoms with Crippen molar-refractivity contribution in [3.05, 3.63) is 0 Å². The smallest absolute Gasteiger partial charge is 0.307 e. The van der Waals surface area contributed by atoms with Gasteiger partial charge in [-0.25, -0.2) is 0 Å². The topological polar surface area (TPSA) is 46.5 Å². The minimum atomic E-state index is -0.175. The summed E-state index contributed by atoms with van der Waals surface area (Å²) in [5.41, 5.74) is 0. The van der Waals surface area contributed by atoms with Crippen molar-refractivity contribution >= 4 is 18.0 Å². The number of ether oxygens (including phenoxy) is 1. The fraction of sp³-hybridized carbons (Fsp3) is 0.900. The lowest BCUT2D eigenvalue weighted by Gasteiger charge is -2.22. The maximum absolute atomic E-state index is 11.3. The lowest BCUT2D eigenvalue weighted by Crippen LogP contribution is -2.22. The number of carbonyl (C=O) groups excluding carboxylic acids is 1. The van der Waals surface area contributed by atoms with Crippen molar-refractivity contribution in [2.24, 2.45) is 0 Å². The van der Waals surface area contributed by atoms with Crippen LogP contribution in [-0.2, 0) is 9.53 Å². The Kier molecular flexibility index (Phi) is 5.33. The quantitative estimate of drug-likeness (QED) is 0.582. The molecule has 0 saturated heterocycles. The molecule has 1 aliphatic carbocycles. The largest absolute Gasteiger partial charge is 0.462 e. The standard InChI is InChI=1S/C10H18O3S/c1-8(14-12)7-10(11)13-9-5-3-2-4-6-9/h8-9,12H,2-7H2,1H3. The van der Waals surface area contributed by atoms with E-state index < -0.39 is 0 Å². The van der Waals surface area contributed by atoms with E-state index in [-0.39, 0.29) is 17.3 Å². The summed E-state index contributed by atoms with van der Waals surface area (Å²) in [6, 6.07) is 0. The maximum atomic E-state index is 11.3. The zero-order chi connectivity index (χ0) is 10.4. The Morgan fingerprint density at radius 2 is 2.14 bits per heavy atom. The third-order valence-electron chi connectivity index (χ3n) is 2.48. The summed E-state index contributed by atoms with van der Waals surface area (Å²) in [5, 5.41) is -0.0638. The second-order valence-electron chi connectivity index (χ2n) is 3.87. The first-order valence-corrected chi connectivity index (χ1v) is 6.05. The third-order valence-corrected chi connectivity index (χ3v) is 3.01. The summed E-state index contributed by atoms with van der Waals surface area (Å²) in [6.45, 7) is 1.81. The molecule has 1 aliphatic rings. The Bertz CT molecular complexity index is 178. The molecule has 0 aliphatic heterocycles. The van der Waals surface area contributed by atoms with Gasteiger partial charge in [-0.1, -0.05) is 13.3 Å². The molecule has 1 rings (SSSR count). The SMILES string of the molecule is CC(CC(=O)OC1CCCCC1)SO. The average molecular weight is 218 g/mol. The van der Waals surface area contributed by atoms with Crippen LogP contribution in [0.4, 0.5) is 0 Å². The van der Waals surface area contributed by atoms with E-state index in [0.29, 0.717) is 18.5 Å². The molecule has 0 spiro atoms. The Balaban J connectivity index is 2.18.